The molecular formula is C16H28O2Si. The van der Waals surface area contributed by atoms with E-state index in [4.69, 9.17) is 8.85 Å². The molecule has 0 aliphatic rings. The van der Waals surface area contributed by atoms with Crippen molar-refractivity contribution in [3.8, 4) is 5.75 Å². The van der Waals surface area contributed by atoms with Crippen LogP contribution in [0.1, 0.15) is 46.5 Å². The van der Waals surface area contributed by atoms with Crippen molar-refractivity contribution in [3.63, 3.8) is 0 Å². The van der Waals surface area contributed by atoms with Crippen molar-refractivity contribution in [1.82, 2.24) is 0 Å². The fourth-order valence-electron chi connectivity index (χ4n) is 2.26. The molecule has 0 fully saturated rings. The predicted octanol–water partition coefficient (Wildman–Crippen LogP) is 5.14. The van der Waals surface area contributed by atoms with Crippen molar-refractivity contribution in [2.45, 2.75) is 58.5 Å². The molecule has 1 aromatic carbocycles. The van der Waals surface area contributed by atoms with Gasteiger partial charge in [-0.1, -0.05) is 57.7 Å². The fraction of sp³-hybridized carbons (Fsp3) is 0.625. The fourth-order valence-corrected chi connectivity index (χ4v) is 5.94. The first-order valence-corrected chi connectivity index (χ1v) is 9.87. The molecule has 1 aromatic rings. The minimum Gasteiger partial charge on any atom is -0.520 e. The molecule has 2 nitrogen and oxygen atoms in total. The van der Waals surface area contributed by atoms with E-state index in [1.54, 1.807) is 0 Å². The molecule has 0 spiro atoms. The Bertz CT molecular complexity index is 319. The standard InChI is InChI=1S/C16H28O2Si/c1-4-7-14-19(17-6-3,15-8-5-2)18-16-12-10-9-11-13-16/h9-13H,4-8,14-15H2,1-3H3. The molecule has 0 bridgehead atoms. The Hall–Kier alpha value is -0.803. The lowest BCUT2D eigenvalue weighted by Crippen LogP contribution is -2.45. The largest absolute Gasteiger partial charge is 0.520 e. The summed E-state index contributed by atoms with van der Waals surface area (Å²) >= 11 is 0. The Balaban J connectivity index is 2.79. The number of para-hydroxylation sites is 1. The van der Waals surface area contributed by atoms with Crippen molar-refractivity contribution in [2.75, 3.05) is 6.61 Å². The van der Waals surface area contributed by atoms with Gasteiger partial charge in [-0.2, -0.15) is 0 Å². The molecule has 0 atom stereocenters. The number of hydrogen-bond donors (Lipinski definition) is 0. The molecule has 1 rings (SSSR count). The van der Waals surface area contributed by atoms with Crippen LogP contribution in [0.5, 0.6) is 5.75 Å². The van der Waals surface area contributed by atoms with Crippen LogP contribution in [0.2, 0.25) is 12.1 Å². The van der Waals surface area contributed by atoms with Crippen LogP contribution in [-0.4, -0.2) is 15.2 Å². The second-order valence-corrected chi connectivity index (χ2v) is 8.28. The Morgan fingerprint density at radius 1 is 0.895 bits per heavy atom. The van der Waals surface area contributed by atoms with Crippen LogP contribution in [0, 0.1) is 0 Å². The van der Waals surface area contributed by atoms with Crippen LogP contribution in [0.3, 0.4) is 0 Å². The molecule has 0 aliphatic carbocycles. The predicted molar refractivity (Wildman–Crippen MR) is 83.9 cm³/mol. The summed E-state index contributed by atoms with van der Waals surface area (Å²) in [6, 6.07) is 12.4. The first-order valence-electron chi connectivity index (χ1n) is 7.64. The van der Waals surface area contributed by atoms with E-state index in [1.165, 1.54) is 25.7 Å². The Morgan fingerprint density at radius 2 is 1.47 bits per heavy atom. The highest BCUT2D eigenvalue weighted by Gasteiger charge is 2.38. The topological polar surface area (TPSA) is 18.5 Å². The van der Waals surface area contributed by atoms with E-state index in [-0.39, 0.29) is 0 Å². The van der Waals surface area contributed by atoms with Crippen molar-refractivity contribution in [2.24, 2.45) is 0 Å². The monoisotopic (exact) mass is 280 g/mol. The third kappa shape index (κ3) is 5.79. The maximum absolute atomic E-state index is 6.36. The van der Waals surface area contributed by atoms with E-state index in [9.17, 15) is 0 Å². The zero-order valence-electron chi connectivity index (χ0n) is 12.7. The lowest BCUT2D eigenvalue weighted by molar-refractivity contribution is 0.247. The van der Waals surface area contributed by atoms with Crippen molar-refractivity contribution in [1.29, 1.82) is 0 Å². The van der Waals surface area contributed by atoms with Gasteiger partial charge in [0, 0.05) is 18.7 Å². The van der Waals surface area contributed by atoms with E-state index < -0.39 is 8.56 Å². The number of unbranched alkanes of at least 4 members (excludes halogenated alkanes) is 2. The summed E-state index contributed by atoms with van der Waals surface area (Å²) in [6.45, 7) is 7.29. The molecule has 0 unspecified atom stereocenters. The summed E-state index contributed by atoms with van der Waals surface area (Å²) in [4.78, 5) is 0. The first kappa shape index (κ1) is 16.3. The highest BCUT2D eigenvalue weighted by molar-refractivity contribution is 6.68. The summed E-state index contributed by atoms with van der Waals surface area (Å²) in [5.74, 6) is 0.967. The van der Waals surface area contributed by atoms with E-state index in [1.807, 2.05) is 30.3 Å². The summed E-state index contributed by atoms with van der Waals surface area (Å²) < 4.78 is 12.5. The quantitative estimate of drug-likeness (QED) is 0.552. The van der Waals surface area contributed by atoms with E-state index in [2.05, 4.69) is 20.8 Å². The van der Waals surface area contributed by atoms with Gasteiger partial charge in [0.2, 0.25) is 0 Å². The molecule has 108 valence electrons. The highest BCUT2D eigenvalue weighted by Crippen LogP contribution is 2.27. The van der Waals surface area contributed by atoms with Crippen LogP contribution in [0.15, 0.2) is 30.3 Å². The Morgan fingerprint density at radius 3 is 1.95 bits per heavy atom. The molecule has 0 saturated carbocycles. The van der Waals surface area contributed by atoms with Gasteiger partial charge in [-0.15, -0.1) is 0 Å². The second kappa shape index (κ2) is 9.16. The van der Waals surface area contributed by atoms with Crippen LogP contribution in [0.4, 0.5) is 0 Å². The first-order chi connectivity index (χ1) is 9.26. The number of benzene rings is 1. The molecule has 3 heteroatoms. The van der Waals surface area contributed by atoms with Crippen LogP contribution >= 0.6 is 0 Å². The molecular weight excluding hydrogens is 252 g/mol. The third-order valence-electron chi connectivity index (χ3n) is 3.28. The Labute approximate surface area is 119 Å². The zero-order valence-corrected chi connectivity index (χ0v) is 13.7. The van der Waals surface area contributed by atoms with E-state index in [0.717, 1.165) is 24.4 Å². The highest BCUT2D eigenvalue weighted by atomic mass is 28.4. The summed E-state index contributed by atoms with van der Waals surface area (Å²) in [5.41, 5.74) is 0. The van der Waals surface area contributed by atoms with Gasteiger partial charge in [0.1, 0.15) is 5.75 Å². The van der Waals surface area contributed by atoms with Crippen LogP contribution < -0.4 is 4.43 Å². The number of rotatable bonds is 10. The smallest absolute Gasteiger partial charge is 0.398 e. The third-order valence-corrected chi connectivity index (χ3v) is 6.93. The average Bonchev–Trinajstić information content (AvgIpc) is 2.44. The van der Waals surface area contributed by atoms with E-state index in [0.29, 0.717) is 0 Å². The van der Waals surface area contributed by atoms with Crippen molar-refractivity contribution < 1.29 is 8.85 Å². The zero-order chi connectivity index (χ0) is 14.0. The second-order valence-electron chi connectivity index (χ2n) is 4.97. The number of hydrogen-bond acceptors (Lipinski definition) is 2. The lowest BCUT2D eigenvalue weighted by atomic mass is 10.3. The van der Waals surface area contributed by atoms with Crippen molar-refractivity contribution >= 4 is 8.56 Å². The lowest BCUT2D eigenvalue weighted by Gasteiger charge is -2.31. The minimum atomic E-state index is -2.08. The van der Waals surface area contributed by atoms with Gasteiger partial charge in [-0.25, -0.2) is 0 Å². The molecule has 0 N–H and O–H groups in total. The van der Waals surface area contributed by atoms with Crippen molar-refractivity contribution in [3.05, 3.63) is 30.3 Å². The van der Waals surface area contributed by atoms with Gasteiger partial charge >= 0.3 is 8.56 Å². The Kier molecular flexibility index (Phi) is 7.83. The maximum Gasteiger partial charge on any atom is 0.398 e. The van der Waals surface area contributed by atoms with E-state index >= 15 is 0 Å². The molecule has 0 heterocycles. The van der Waals surface area contributed by atoms with Gasteiger partial charge in [-0.3, -0.25) is 0 Å². The molecule has 0 amide bonds. The van der Waals surface area contributed by atoms with Crippen LogP contribution in [0.25, 0.3) is 0 Å². The van der Waals surface area contributed by atoms with Gasteiger partial charge in [-0.05, 0) is 19.1 Å². The minimum absolute atomic E-state index is 0.756. The molecule has 0 aromatic heterocycles. The normalized spacial score (nSPS) is 11.5. The maximum atomic E-state index is 6.36. The molecule has 19 heavy (non-hydrogen) atoms. The molecule has 0 saturated heterocycles. The SMILES string of the molecule is CCCC[Si](CCCC)(OCC)Oc1ccccc1. The molecule has 0 aliphatic heterocycles. The van der Waals surface area contributed by atoms with Gasteiger partial charge in [0.15, 0.2) is 0 Å². The van der Waals surface area contributed by atoms with Crippen LogP contribution in [-0.2, 0) is 4.43 Å². The summed E-state index contributed by atoms with van der Waals surface area (Å²) in [6.07, 6.45) is 4.80. The molecule has 0 radical (unpaired) electrons. The summed E-state index contributed by atoms with van der Waals surface area (Å²) in [7, 11) is -2.08. The van der Waals surface area contributed by atoms with Gasteiger partial charge in [0.25, 0.3) is 0 Å². The van der Waals surface area contributed by atoms with Gasteiger partial charge < -0.3 is 8.85 Å². The average molecular weight is 280 g/mol. The van der Waals surface area contributed by atoms with Gasteiger partial charge in [0.05, 0.1) is 0 Å². The summed E-state index contributed by atoms with van der Waals surface area (Å²) in [5, 5.41) is 0.